The summed E-state index contributed by atoms with van der Waals surface area (Å²) in [5.41, 5.74) is 1.99. The molecule has 0 atom stereocenters. The van der Waals surface area contributed by atoms with Crippen LogP contribution in [0.25, 0.3) is 10.6 Å². The highest BCUT2D eigenvalue weighted by Crippen LogP contribution is 2.32. The predicted octanol–water partition coefficient (Wildman–Crippen LogP) is 4.62. The maximum absolute atomic E-state index is 6.17. The molecule has 0 unspecified atom stereocenters. The van der Waals surface area contributed by atoms with E-state index in [1.165, 1.54) is 0 Å². The van der Waals surface area contributed by atoms with Gasteiger partial charge < -0.3 is 5.32 Å². The van der Waals surface area contributed by atoms with Crippen LogP contribution in [0.5, 0.6) is 0 Å². The maximum atomic E-state index is 6.17. The molecule has 0 saturated carbocycles. The minimum Gasteiger partial charge on any atom is -0.311 e. The summed E-state index contributed by atoms with van der Waals surface area (Å²) >= 11 is 13.7. The normalized spacial score (nSPS) is 10.8. The molecule has 96 valence electrons. The van der Waals surface area contributed by atoms with Gasteiger partial charge in [0.15, 0.2) is 0 Å². The second-order valence-electron chi connectivity index (χ2n) is 3.94. The van der Waals surface area contributed by atoms with E-state index in [4.69, 9.17) is 23.2 Å². The van der Waals surface area contributed by atoms with Crippen LogP contribution in [0.3, 0.4) is 0 Å². The van der Waals surface area contributed by atoms with Crippen LogP contribution in [0.1, 0.15) is 19.0 Å². The van der Waals surface area contributed by atoms with Gasteiger partial charge in [-0.3, -0.25) is 0 Å². The zero-order chi connectivity index (χ0) is 13.0. The number of rotatable bonds is 5. The van der Waals surface area contributed by atoms with Crippen LogP contribution in [-0.4, -0.2) is 11.5 Å². The third-order valence-corrected chi connectivity index (χ3v) is 3.92. The van der Waals surface area contributed by atoms with Crippen molar-refractivity contribution < 1.29 is 0 Å². The molecule has 1 aromatic carbocycles. The highest BCUT2D eigenvalue weighted by molar-refractivity contribution is 7.13. The summed E-state index contributed by atoms with van der Waals surface area (Å²) in [6.45, 7) is 3.96. The van der Waals surface area contributed by atoms with E-state index in [1.54, 1.807) is 17.4 Å². The van der Waals surface area contributed by atoms with Gasteiger partial charge in [0.25, 0.3) is 0 Å². The molecule has 0 amide bonds. The van der Waals surface area contributed by atoms with Crippen molar-refractivity contribution in [1.29, 1.82) is 0 Å². The molecular weight excluding hydrogens is 287 g/mol. The summed E-state index contributed by atoms with van der Waals surface area (Å²) in [7, 11) is 0. The lowest BCUT2D eigenvalue weighted by molar-refractivity contribution is 0.667. The molecule has 1 N–H and O–H groups in total. The number of nitrogens with one attached hydrogen (secondary N) is 1. The molecule has 5 heteroatoms. The van der Waals surface area contributed by atoms with Gasteiger partial charge in [-0.25, -0.2) is 4.98 Å². The summed E-state index contributed by atoms with van der Waals surface area (Å²) in [6, 6.07) is 5.49. The monoisotopic (exact) mass is 300 g/mol. The first-order chi connectivity index (χ1) is 8.70. The molecule has 0 bridgehead atoms. The van der Waals surface area contributed by atoms with Crippen LogP contribution >= 0.6 is 34.5 Å². The van der Waals surface area contributed by atoms with Crippen LogP contribution in [0.2, 0.25) is 10.0 Å². The molecule has 2 rings (SSSR count). The number of nitrogens with zero attached hydrogens (tertiary/aromatic N) is 1. The van der Waals surface area contributed by atoms with Crippen LogP contribution in [0.4, 0.5) is 0 Å². The lowest BCUT2D eigenvalue weighted by Crippen LogP contribution is -2.13. The van der Waals surface area contributed by atoms with Crippen molar-refractivity contribution in [3.8, 4) is 10.6 Å². The average Bonchev–Trinajstić information content (AvgIpc) is 2.78. The zero-order valence-corrected chi connectivity index (χ0v) is 12.4. The average molecular weight is 301 g/mol. The molecule has 1 heterocycles. The SMILES string of the molecule is CCCNCc1csc(-c2ccc(Cl)cc2Cl)n1. The van der Waals surface area contributed by atoms with Crippen molar-refractivity contribution in [2.45, 2.75) is 19.9 Å². The number of benzene rings is 1. The van der Waals surface area contributed by atoms with Gasteiger partial charge in [-0.2, -0.15) is 0 Å². The second kappa shape index (κ2) is 6.53. The predicted molar refractivity (Wildman–Crippen MR) is 79.6 cm³/mol. The Morgan fingerprint density at radius 1 is 1.33 bits per heavy atom. The molecule has 0 fully saturated rings. The molecule has 0 aliphatic carbocycles. The Morgan fingerprint density at radius 3 is 2.89 bits per heavy atom. The summed E-state index contributed by atoms with van der Waals surface area (Å²) in [5, 5.41) is 7.61. The number of aromatic nitrogens is 1. The Morgan fingerprint density at radius 2 is 2.17 bits per heavy atom. The summed E-state index contributed by atoms with van der Waals surface area (Å²) in [4.78, 5) is 4.57. The fourth-order valence-corrected chi connectivity index (χ4v) is 2.98. The standard InChI is InChI=1S/C13H14Cl2N2S/c1-2-5-16-7-10-8-18-13(17-10)11-4-3-9(14)6-12(11)15/h3-4,6,8,16H,2,5,7H2,1H3. The van der Waals surface area contributed by atoms with Gasteiger partial charge in [0.1, 0.15) is 5.01 Å². The van der Waals surface area contributed by atoms with Crippen molar-refractivity contribution in [3.63, 3.8) is 0 Å². The van der Waals surface area contributed by atoms with Crippen LogP contribution in [-0.2, 0) is 6.54 Å². The Hall–Kier alpha value is -0.610. The van der Waals surface area contributed by atoms with E-state index in [1.807, 2.05) is 12.1 Å². The smallest absolute Gasteiger partial charge is 0.125 e. The number of hydrogen-bond acceptors (Lipinski definition) is 3. The largest absolute Gasteiger partial charge is 0.311 e. The van der Waals surface area contributed by atoms with E-state index in [9.17, 15) is 0 Å². The van der Waals surface area contributed by atoms with E-state index >= 15 is 0 Å². The molecular formula is C13H14Cl2N2S. The summed E-state index contributed by atoms with van der Waals surface area (Å²) in [5.74, 6) is 0. The van der Waals surface area contributed by atoms with E-state index in [0.717, 1.165) is 35.8 Å². The molecule has 0 aliphatic rings. The Kier molecular flexibility index (Phi) is 5.01. The van der Waals surface area contributed by atoms with E-state index in [2.05, 4.69) is 22.6 Å². The first-order valence-electron chi connectivity index (χ1n) is 5.81. The van der Waals surface area contributed by atoms with Crippen LogP contribution in [0.15, 0.2) is 23.6 Å². The van der Waals surface area contributed by atoms with Gasteiger partial charge in [-0.15, -0.1) is 11.3 Å². The fourth-order valence-electron chi connectivity index (χ4n) is 1.57. The first-order valence-corrected chi connectivity index (χ1v) is 7.45. The van der Waals surface area contributed by atoms with Crippen molar-refractivity contribution >= 4 is 34.5 Å². The summed E-state index contributed by atoms with van der Waals surface area (Å²) < 4.78 is 0. The van der Waals surface area contributed by atoms with E-state index in [-0.39, 0.29) is 0 Å². The third-order valence-electron chi connectivity index (χ3n) is 2.45. The molecule has 0 radical (unpaired) electrons. The van der Waals surface area contributed by atoms with Crippen molar-refractivity contribution in [2.24, 2.45) is 0 Å². The van der Waals surface area contributed by atoms with Gasteiger partial charge in [0, 0.05) is 22.5 Å². The van der Waals surface area contributed by atoms with Gasteiger partial charge in [-0.05, 0) is 31.2 Å². The van der Waals surface area contributed by atoms with Crippen LogP contribution < -0.4 is 5.32 Å². The lowest BCUT2D eigenvalue weighted by atomic mass is 10.2. The topological polar surface area (TPSA) is 24.9 Å². The molecule has 1 aromatic heterocycles. The van der Waals surface area contributed by atoms with E-state index < -0.39 is 0 Å². The highest BCUT2D eigenvalue weighted by Gasteiger charge is 2.08. The van der Waals surface area contributed by atoms with Gasteiger partial charge in [0.05, 0.1) is 10.7 Å². The number of halogens is 2. The molecule has 0 aliphatic heterocycles. The summed E-state index contributed by atoms with van der Waals surface area (Å²) in [6.07, 6.45) is 1.13. The quantitative estimate of drug-likeness (QED) is 0.815. The number of hydrogen-bond donors (Lipinski definition) is 1. The maximum Gasteiger partial charge on any atom is 0.125 e. The highest BCUT2D eigenvalue weighted by atomic mass is 35.5. The first kappa shape index (κ1) is 13.8. The Bertz CT molecular complexity index is 525. The van der Waals surface area contributed by atoms with Crippen molar-refractivity contribution in [2.75, 3.05) is 6.54 Å². The lowest BCUT2D eigenvalue weighted by Gasteiger charge is -2.01. The van der Waals surface area contributed by atoms with Gasteiger partial charge in [-0.1, -0.05) is 30.1 Å². The minimum atomic E-state index is 0.643. The third kappa shape index (κ3) is 3.45. The Balaban J connectivity index is 2.13. The zero-order valence-electron chi connectivity index (χ0n) is 10.0. The fraction of sp³-hybridized carbons (Fsp3) is 0.308. The molecule has 18 heavy (non-hydrogen) atoms. The second-order valence-corrected chi connectivity index (χ2v) is 5.65. The Labute approximate surface area is 121 Å². The van der Waals surface area contributed by atoms with Crippen molar-refractivity contribution in [1.82, 2.24) is 10.3 Å². The van der Waals surface area contributed by atoms with E-state index in [0.29, 0.717) is 10.0 Å². The molecule has 2 nitrogen and oxygen atoms in total. The number of thiazole rings is 1. The van der Waals surface area contributed by atoms with Gasteiger partial charge >= 0.3 is 0 Å². The van der Waals surface area contributed by atoms with Crippen molar-refractivity contribution in [3.05, 3.63) is 39.3 Å². The molecule has 2 aromatic rings. The van der Waals surface area contributed by atoms with Gasteiger partial charge in [0.2, 0.25) is 0 Å². The van der Waals surface area contributed by atoms with Crippen LogP contribution in [0, 0.1) is 0 Å². The molecule has 0 saturated heterocycles. The molecule has 0 spiro atoms. The minimum absolute atomic E-state index is 0.643.